The average molecular weight is 72.1 g/mol. The molecule has 0 aromatic rings. The van der Waals surface area contributed by atoms with Gasteiger partial charge in [0.1, 0.15) is 0 Å². The van der Waals surface area contributed by atoms with Crippen molar-refractivity contribution in [2.24, 2.45) is 0 Å². The van der Waals surface area contributed by atoms with Gasteiger partial charge in [0, 0.05) is 19.4 Å². The molecular formula is C3H6NO. The van der Waals surface area contributed by atoms with Crippen LogP contribution in [0.5, 0.6) is 0 Å². The molecule has 1 aliphatic heterocycles. The van der Waals surface area contributed by atoms with Crippen LogP contribution >= 0.6 is 0 Å². The summed E-state index contributed by atoms with van der Waals surface area (Å²) in [6, 6.07) is 0. The molecule has 29 valence electrons. The maximum Gasteiger partial charge on any atom is 0.0488 e. The number of ether oxygens (including phenoxy) is 1. The van der Waals surface area contributed by atoms with Gasteiger partial charge in [0.15, 0.2) is 0 Å². The molecule has 2 nitrogen and oxygen atoms in total. The molecule has 1 fully saturated rings. The van der Waals surface area contributed by atoms with Gasteiger partial charge in [0.2, 0.25) is 0 Å². The van der Waals surface area contributed by atoms with E-state index in [4.69, 9.17) is 4.74 Å². The molecule has 0 amide bonds. The van der Waals surface area contributed by atoms with E-state index in [1.54, 1.807) is 0 Å². The van der Waals surface area contributed by atoms with Crippen molar-refractivity contribution in [1.82, 2.24) is 6.15 Å². The van der Waals surface area contributed by atoms with Gasteiger partial charge in [0.25, 0.3) is 0 Å². The van der Waals surface area contributed by atoms with Crippen LogP contribution in [0.4, 0.5) is 0 Å². The average Bonchev–Trinajstić information content (AvgIpc) is 0.722. The molecular weight excluding hydrogens is 66.0 g/mol. The number of hydrogen-bond donors (Lipinski definition) is 0. The zero-order valence-corrected chi connectivity index (χ0v) is 2.98. The van der Waals surface area contributed by atoms with Crippen LogP contribution in [0.25, 0.3) is 0 Å². The molecule has 1 heterocycles. The molecule has 0 atom stereocenters. The molecule has 1 aliphatic rings. The second kappa shape index (κ2) is 2.18. The maximum atomic E-state index is 4.72. The third-order valence-electron chi connectivity index (χ3n) is 0.577. The highest BCUT2D eigenvalue weighted by atomic mass is 16.5. The van der Waals surface area contributed by atoms with Crippen LogP contribution in [0.15, 0.2) is 0 Å². The van der Waals surface area contributed by atoms with Gasteiger partial charge in [-0.15, -0.1) is 0 Å². The Morgan fingerprint density at radius 3 is 1.40 bits per heavy atom. The molecule has 5 heavy (non-hydrogen) atoms. The summed E-state index contributed by atoms with van der Waals surface area (Å²) in [5.74, 6) is 0. The van der Waals surface area contributed by atoms with Gasteiger partial charge >= 0.3 is 0 Å². The molecule has 0 unspecified atom stereocenters. The molecule has 0 saturated carbocycles. The minimum absolute atomic E-state index is 0. The quantitative estimate of drug-likeness (QED) is 0.394. The molecule has 0 bridgehead atoms. The summed E-state index contributed by atoms with van der Waals surface area (Å²) in [6.07, 6.45) is 1.28. The van der Waals surface area contributed by atoms with Gasteiger partial charge in [0.05, 0.1) is 0 Å². The van der Waals surface area contributed by atoms with E-state index < -0.39 is 0 Å². The standard InChI is InChI=1S/C3H6O.N/c1-2-4-3-1;/h1-3H2;. The lowest BCUT2D eigenvalue weighted by Crippen LogP contribution is -2.09. The van der Waals surface area contributed by atoms with Crippen molar-refractivity contribution >= 4 is 0 Å². The summed E-state index contributed by atoms with van der Waals surface area (Å²) in [5, 5.41) is 0. The summed E-state index contributed by atoms with van der Waals surface area (Å²) in [5.41, 5.74) is 0. The SMILES string of the molecule is C1COC1.[N]. The molecule has 0 aromatic heterocycles. The van der Waals surface area contributed by atoms with E-state index in [1.807, 2.05) is 0 Å². The highest BCUT2D eigenvalue weighted by Gasteiger charge is 1.94. The smallest absolute Gasteiger partial charge is 0.0488 e. The lowest BCUT2D eigenvalue weighted by molar-refractivity contribution is 0.0367. The normalized spacial score (nSPS) is 19.2. The van der Waals surface area contributed by atoms with Gasteiger partial charge in [-0.1, -0.05) is 0 Å². The van der Waals surface area contributed by atoms with Gasteiger partial charge in [-0.25, -0.2) is 0 Å². The second-order valence-electron chi connectivity index (χ2n) is 0.966. The van der Waals surface area contributed by atoms with Crippen LogP contribution in [0.1, 0.15) is 6.42 Å². The van der Waals surface area contributed by atoms with Gasteiger partial charge in [-0.3, -0.25) is 0 Å². The zero-order chi connectivity index (χ0) is 2.83. The Morgan fingerprint density at radius 2 is 1.40 bits per heavy atom. The number of nitrogens with zero attached hydrogens (tertiary/aromatic N) is 1. The fraction of sp³-hybridized carbons (Fsp3) is 1.00. The Labute approximate surface area is 31.7 Å². The Morgan fingerprint density at radius 1 is 1.20 bits per heavy atom. The molecule has 0 aliphatic carbocycles. The van der Waals surface area contributed by atoms with Crippen molar-refractivity contribution in [2.45, 2.75) is 6.42 Å². The predicted octanol–water partition coefficient (Wildman–Crippen LogP) is -0.0739. The third-order valence-corrected chi connectivity index (χ3v) is 0.577. The number of hydrogen-bond acceptors (Lipinski definition) is 1. The summed E-state index contributed by atoms with van der Waals surface area (Å²) < 4.78 is 4.72. The van der Waals surface area contributed by atoms with Gasteiger partial charge < -0.3 is 4.74 Å². The van der Waals surface area contributed by atoms with Crippen LogP contribution in [-0.4, -0.2) is 13.2 Å². The van der Waals surface area contributed by atoms with Gasteiger partial charge in [-0.05, 0) is 6.42 Å². The monoisotopic (exact) mass is 72.0 g/mol. The first kappa shape index (κ1) is 4.92. The van der Waals surface area contributed by atoms with E-state index in [0.717, 1.165) is 13.2 Å². The summed E-state index contributed by atoms with van der Waals surface area (Å²) >= 11 is 0. The van der Waals surface area contributed by atoms with E-state index in [1.165, 1.54) is 6.42 Å². The fourth-order valence-corrected chi connectivity index (χ4v) is 0.144. The maximum absolute atomic E-state index is 4.72. The van der Waals surface area contributed by atoms with E-state index >= 15 is 0 Å². The predicted molar refractivity (Wildman–Crippen MR) is 17.6 cm³/mol. The molecule has 1 saturated heterocycles. The molecule has 1 rings (SSSR count). The largest absolute Gasteiger partial charge is 0.381 e. The first-order valence-electron chi connectivity index (χ1n) is 1.58. The first-order valence-corrected chi connectivity index (χ1v) is 1.58. The summed E-state index contributed by atoms with van der Waals surface area (Å²) in [7, 11) is 0. The van der Waals surface area contributed by atoms with Crippen molar-refractivity contribution in [3.63, 3.8) is 0 Å². The molecule has 0 N–H and O–H groups in total. The number of rotatable bonds is 0. The highest BCUT2D eigenvalue weighted by Crippen LogP contribution is 1.92. The lowest BCUT2D eigenvalue weighted by Gasteiger charge is -2.09. The Bertz CT molecular complexity index is 14.9. The van der Waals surface area contributed by atoms with Crippen molar-refractivity contribution < 1.29 is 4.74 Å². The van der Waals surface area contributed by atoms with Crippen molar-refractivity contribution in [1.29, 1.82) is 0 Å². The van der Waals surface area contributed by atoms with Crippen LogP contribution in [0.3, 0.4) is 0 Å². The highest BCUT2D eigenvalue weighted by molar-refractivity contribution is 4.41. The summed E-state index contributed by atoms with van der Waals surface area (Å²) in [6.45, 7) is 2.00. The minimum Gasteiger partial charge on any atom is -0.381 e. The van der Waals surface area contributed by atoms with E-state index in [0.29, 0.717) is 0 Å². The van der Waals surface area contributed by atoms with E-state index in [2.05, 4.69) is 0 Å². The molecule has 0 spiro atoms. The van der Waals surface area contributed by atoms with Crippen LogP contribution in [0, 0.1) is 0 Å². The fourth-order valence-electron chi connectivity index (χ4n) is 0.144. The Kier molecular flexibility index (Phi) is 2.14. The van der Waals surface area contributed by atoms with Crippen LogP contribution < -0.4 is 6.15 Å². The summed E-state index contributed by atoms with van der Waals surface area (Å²) in [4.78, 5) is 0. The molecule has 3 radical (unpaired) electrons. The lowest BCUT2D eigenvalue weighted by atomic mass is 10.4. The van der Waals surface area contributed by atoms with Crippen molar-refractivity contribution in [2.75, 3.05) is 13.2 Å². The van der Waals surface area contributed by atoms with E-state index in [9.17, 15) is 0 Å². The van der Waals surface area contributed by atoms with E-state index in [-0.39, 0.29) is 6.15 Å². The van der Waals surface area contributed by atoms with Crippen LogP contribution in [0.2, 0.25) is 0 Å². The van der Waals surface area contributed by atoms with Crippen LogP contribution in [-0.2, 0) is 4.74 Å². The Hall–Kier alpha value is -0.0800. The minimum atomic E-state index is 0. The van der Waals surface area contributed by atoms with Crippen molar-refractivity contribution in [3.05, 3.63) is 0 Å². The van der Waals surface area contributed by atoms with Gasteiger partial charge in [-0.2, -0.15) is 0 Å². The Balaban J connectivity index is 0.000000160. The van der Waals surface area contributed by atoms with Crippen molar-refractivity contribution in [3.8, 4) is 0 Å². The zero-order valence-electron chi connectivity index (χ0n) is 2.98. The third kappa shape index (κ3) is 0.940. The topological polar surface area (TPSA) is 39.7 Å². The molecule has 0 aromatic carbocycles. The second-order valence-corrected chi connectivity index (χ2v) is 0.966. The first-order chi connectivity index (χ1) is 2.00. The molecule has 2 heteroatoms.